The van der Waals surface area contributed by atoms with Gasteiger partial charge in [0.05, 0.1) is 17.3 Å². The number of primary amides is 1. The summed E-state index contributed by atoms with van der Waals surface area (Å²) in [7, 11) is 0. The van der Waals surface area contributed by atoms with Crippen LogP contribution in [-0.4, -0.2) is 26.6 Å². The molecular formula is C29H21F8N5O2. The van der Waals surface area contributed by atoms with Crippen molar-refractivity contribution in [1.82, 2.24) is 20.1 Å². The first kappa shape index (κ1) is 30.6. The van der Waals surface area contributed by atoms with Crippen LogP contribution in [-0.2, 0) is 36.3 Å². The Morgan fingerprint density at radius 2 is 1.75 bits per heavy atom. The third-order valence-corrected chi connectivity index (χ3v) is 7.06. The molecule has 1 aliphatic rings. The van der Waals surface area contributed by atoms with Gasteiger partial charge in [-0.15, -0.1) is 0 Å². The van der Waals surface area contributed by atoms with E-state index in [0.29, 0.717) is 10.7 Å². The summed E-state index contributed by atoms with van der Waals surface area (Å²) in [4.78, 5) is 29.3. The number of carbonyl (C=O) groups is 2. The van der Waals surface area contributed by atoms with E-state index < -0.39 is 89.3 Å². The van der Waals surface area contributed by atoms with Gasteiger partial charge >= 0.3 is 6.18 Å². The van der Waals surface area contributed by atoms with Gasteiger partial charge in [0.2, 0.25) is 5.91 Å². The summed E-state index contributed by atoms with van der Waals surface area (Å²) >= 11 is 0. The number of fused-ring (bicyclic) bond motifs is 1. The quantitative estimate of drug-likeness (QED) is 0.249. The molecule has 2 aromatic carbocycles. The smallest absolute Gasteiger partial charge is 0.366 e. The van der Waals surface area contributed by atoms with Gasteiger partial charge in [-0.05, 0) is 54.3 Å². The fourth-order valence-electron chi connectivity index (χ4n) is 5.27. The van der Waals surface area contributed by atoms with E-state index in [1.807, 2.05) is 0 Å². The number of carbonyl (C=O) groups excluding carboxylic acids is 2. The highest BCUT2D eigenvalue weighted by Crippen LogP contribution is 2.46. The van der Waals surface area contributed by atoms with Gasteiger partial charge in [-0.3, -0.25) is 19.3 Å². The van der Waals surface area contributed by atoms with Crippen LogP contribution in [0.4, 0.5) is 35.1 Å². The van der Waals surface area contributed by atoms with Gasteiger partial charge in [0, 0.05) is 29.8 Å². The van der Waals surface area contributed by atoms with Crippen molar-refractivity contribution < 1.29 is 44.7 Å². The fraction of sp³-hybridized carbons (Fsp3) is 0.241. The summed E-state index contributed by atoms with van der Waals surface area (Å²) in [5.41, 5.74) is 2.08. The van der Waals surface area contributed by atoms with E-state index in [0.717, 1.165) is 24.3 Å². The Bertz CT molecular complexity index is 1750. The summed E-state index contributed by atoms with van der Waals surface area (Å²) < 4.78 is 112. The van der Waals surface area contributed by atoms with Gasteiger partial charge in [0.1, 0.15) is 29.7 Å². The molecule has 0 saturated carbocycles. The first-order valence-electron chi connectivity index (χ1n) is 13.0. The lowest BCUT2D eigenvalue weighted by atomic mass is 9.94. The van der Waals surface area contributed by atoms with Gasteiger partial charge in [-0.25, -0.2) is 13.2 Å². The largest absolute Gasteiger partial charge is 0.435 e. The molecule has 230 valence electrons. The second-order valence-electron chi connectivity index (χ2n) is 10.1. The molecular weight excluding hydrogens is 602 g/mol. The monoisotopic (exact) mass is 623 g/mol. The molecule has 5 rings (SSSR count). The molecule has 15 heteroatoms. The maximum Gasteiger partial charge on any atom is 0.435 e. The first-order chi connectivity index (χ1) is 20.6. The molecule has 0 saturated heterocycles. The molecule has 3 N–H and O–H groups in total. The van der Waals surface area contributed by atoms with Crippen LogP contribution in [0.15, 0.2) is 54.7 Å². The predicted octanol–water partition coefficient (Wildman–Crippen LogP) is 5.62. The van der Waals surface area contributed by atoms with Crippen LogP contribution >= 0.6 is 0 Å². The number of pyridine rings is 1. The number of nitrogens with one attached hydrogen (secondary N) is 1. The van der Waals surface area contributed by atoms with Crippen molar-refractivity contribution in [3.63, 3.8) is 0 Å². The van der Waals surface area contributed by atoms with E-state index in [-0.39, 0.29) is 28.8 Å². The number of aromatic nitrogens is 3. The zero-order valence-corrected chi connectivity index (χ0v) is 22.4. The number of halogens is 8. The normalized spacial score (nSPS) is 14.7. The number of hydrogen-bond acceptors (Lipinski definition) is 4. The zero-order valence-electron chi connectivity index (χ0n) is 22.4. The molecule has 0 radical (unpaired) electrons. The number of nitrogens with zero attached hydrogens (tertiary/aromatic N) is 3. The van der Waals surface area contributed by atoms with Gasteiger partial charge < -0.3 is 11.1 Å². The Labute approximate surface area is 243 Å². The van der Waals surface area contributed by atoms with E-state index in [1.54, 1.807) is 0 Å². The topological polar surface area (TPSA) is 103 Å². The lowest BCUT2D eigenvalue weighted by Crippen LogP contribution is -2.35. The summed E-state index contributed by atoms with van der Waals surface area (Å²) in [5, 5.41) is 5.78. The molecule has 0 spiro atoms. The Balaban J connectivity index is 1.55. The second-order valence-corrected chi connectivity index (χ2v) is 10.1. The average molecular weight is 624 g/mol. The van der Waals surface area contributed by atoms with Gasteiger partial charge in [0.25, 0.3) is 11.8 Å². The Morgan fingerprint density at radius 1 is 1.05 bits per heavy atom. The van der Waals surface area contributed by atoms with E-state index >= 15 is 0 Å². The minimum Gasteiger partial charge on any atom is -0.366 e. The number of nitrogens with two attached hydrogens (primary N) is 1. The van der Waals surface area contributed by atoms with Crippen molar-refractivity contribution in [1.29, 1.82) is 0 Å². The number of amides is 2. The minimum absolute atomic E-state index is 0.0345. The summed E-state index contributed by atoms with van der Waals surface area (Å²) in [5.74, 6) is -8.60. The highest BCUT2D eigenvalue weighted by Gasteiger charge is 2.50. The summed E-state index contributed by atoms with van der Waals surface area (Å²) in [6.45, 7) is -1.05. The molecule has 7 nitrogen and oxygen atoms in total. The van der Waals surface area contributed by atoms with Crippen LogP contribution in [0.2, 0.25) is 0 Å². The van der Waals surface area contributed by atoms with Crippen molar-refractivity contribution in [3.8, 4) is 11.1 Å². The maximum atomic E-state index is 14.6. The SMILES string of the molecule is NC(=O)c1cc(-c2cccnc2[C@H](Cc2cc(F)cc(F)c2)NC(=O)Cn2nc(C(F)(F)F)c3c2C(F)(F)CC3)ccc1F. The van der Waals surface area contributed by atoms with Gasteiger partial charge in [-0.2, -0.15) is 27.1 Å². The highest BCUT2D eigenvalue weighted by atomic mass is 19.4. The Morgan fingerprint density at radius 3 is 2.41 bits per heavy atom. The minimum atomic E-state index is -5.04. The van der Waals surface area contributed by atoms with Crippen molar-refractivity contribution in [2.45, 2.75) is 43.9 Å². The molecule has 1 aliphatic carbocycles. The van der Waals surface area contributed by atoms with Crippen molar-refractivity contribution >= 4 is 11.8 Å². The van der Waals surface area contributed by atoms with Crippen LogP contribution in [0.25, 0.3) is 11.1 Å². The predicted molar refractivity (Wildman–Crippen MR) is 139 cm³/mol. The van der Waals surface area contributed by atoms with E-state index in [2.05, 4.69) is 15.4 Å². The van der Waals surface area contributed by atoms with Crippen molar-refractivity contribution in [2.24, 2.45) is 5.73 Å². The molecule has 0 aliphatic heterocycles. The maximum absolute atomic E-state index is 14.6. The van der Waals surface area contributed by atoms with Crippen molar-refractivity contribution in [3.05, 3.63) is 106 Å². The lowest BCUT2D eigenvalue weighted by Gasteiger charge is -2.22. The molecule has 0 unspecified atom stereocenters. The molecule has 1 atom stereocenters. The number of benzene rings is 2. The van der Waals surface area contributed by atoms with Crippen LogP contribution in [0.1, 0.15) is 51.0 Å². The molecule has 2 amide bonds. The van der Waals surface area contributed by atoms with E-state index in [1.165, 1.54) is 24.4 Å². The third-order valence-electron chi connectivity index (χ3n) is 7.06. The summed E-state index contributed by atoms with van der Waals surface area (Å²) in [6, 6.07) is 7.66. The van der Waals surface area contributed by atoms with Crippen LogP contribution in [0.5, 0.6) is 0 Å². The van der Waals surface area contributed by atoms with Crippen molar-refractivity contribution in [2.75, 3.05) is 0 Å². The molecule has 4 aromatic rings. The van der Waals surface area contributed by atoms with Crippen LogP contribution < -0.4 is 11.1 Å². The zero-order chi connectivity index (χ0) is 32.0. The van der Waals surface area contributed by atoms with E-state index in [4.69, 9.17) is 5.73 Å². The van der Waals surface area contributed by atoms with E-state index in [9.17, 15) is 44.7 Å². The fourth-order valence-corrected chi connectivity index (χ4v) is 5.27. The van der Waals surface area contributed by atoms with Crippen LogP contribution in [0.3, 0.4) is 0 Å². The molecule has 0 bridgehead atoms. The molecule has 2 aromatic heterocycles. The number of rotatable bonds is 8. The van der Waals surface area contributed by atoms with Gasteiger partial charge in [0.15, 0.2) is 5.69 Å². The second kappa shape index (κ2) is 11.4. The molecule has 2 heterocycles. The third kappa shape index (κ3) is 6.12. The van der Waals surface area contributed by atoms with Gasteiger partial charge in [-0.1, -0.05) is 12.1 Å². The standard InChI is InChI=1S/C29H21F8N5O2/c30-16-8-14(9-17(31)12-16)10-22(24-18(2-1-7-39-24)15-3-4-21(32)20(11-15)27(38)44)40-23(43)13-42-26-19(5-6-28(26,33)34)25(41-42)29(35,36)37/h1-4,7-9,11-12,22H,5-6,10,13H2,(H2,38,44)(H,40,43)/t22-/m0/s1. The average Bonchev–Trinajstić information content (AvgIpc) is 3.45. The molecule has 44 heavy (non-hydrogen) atoms. The van der Waals surface area contributed by atoms with Crippen LogP contribution in [0, 0.1) is 17.5 Å². The first-order valence-corrected chi connectivity index (χ1v) is 13.0. The molecule has 0 fully saturated rings. The lowest BCUT2D eigenvalue weighted by molar-refractivity contribution is -0.142. The highest BCUT2D eigenvalue weighted by molar-refractivity contribution is 5.94. The summed E-state index contributed by atoms with van der Waals surface area (Å²) in [6.07, 6.45) is -5.54. The Hall–Kier alpha value is -4.82. The number of hydrogen-bond donors (Lipinski definition) is 2. The Kier molecular flexibility index (Phi) is 7.90. The number of alkyl halides is 5.